The minimum atomic E-state index is -3.37. The molecule has 1 atom stereocenters. The molecule has 8 heteroatoms. The Balaban J connectivity index is 2.05. The van der Waals surface area contributed by atoms with Crippen LogP contribution in [0.1, 0.15) is 41.0 Å². The van der Waals surface area contributed by atoms with Crippen molar-refractivity contribution < 1.29 is 23.1 Å². The zero-order valence-corrected chi connectivity index (χ0v) is 19.9. The van der Waals surface area contributed by atoms with E-state index in [1.165, 1.54) is 4.90 Å². The number of nitrogens with zero attached hydrogens (tertiary/aromatic N) is 2. The van der Waals surface area contributed by atoms with E-state index in [-0.39, 0.29) is 29.3 Å². The first-order valence-corrected chi connectivity index (χ1v) is 12.3. The summed E-state index contributed by atoms with van der Waals surface area (Å²) in [5.74, 6) is 0.158. The number of sulfone groups is 1. The first-order valence-electron chi connectivity index (χ1n) is 10.7. The van der Waals surface area contributed by atoms with Gasteiger partial charge in [0.25, 0.3) is 0 Å². The van der Waals surface area contributed by atoms with E-state index >= 15 is 0 Å². The number of benzene rings is 2. The molecule has 0 spiro atoms. The number of rotatable bonds is 5. The highest BCUT2D eigenvalue weighted by molar-refractivity contribution is 7.92. The van der Waals surface area contributed by atoms with Crippen LogP contribution in [-0.4, -0.2) is 43.4 Å². The molecule has 1 N–H and O–H groups in total. The molecule has 0 saturated heterocycles. The normalized spacial score (nSPS) is 16.4. The van der Waals surface area contributed by atoms with Crippen molar-refractivity contribution in [2.24, 2.45) is 5.92 Å². The maximum atomic E-state index is 12.9. The van der Waals surface area contributed by atoms with E-state index in [1.54, 1.807) is 55.1 Å². The summed E-state index contributed by atoms with van der Waals surface area (Å²) in [4.78, 5) is 28.0. The Morgan fingerprint density at radius 1 is 1.00 bits per heavy atom. The Morgan fingerprint density at radius 2 is 1.59 bits per heavy atom. The highest BCUT2D eigenvalue weighted by Gasteiger charge is 2.35. The molecule has 2 amide bonds. The number of amides is 2. The third-order valence-electron chi connectivity index (χ3n) is 5.63. The summed E-state index contributed by atoms with van der Waals surface area (Å²) in [6.07, 6.45) is -0.700. The molecule has 0 aliphatic carbocycles. The van der Waals surface area contributed by atoms with E-state index in [2.05, 4.69) is 0 Å². The molecule has 32 heavy (non-hydrogen) atoms. The van der Waals surface area contributed by atoms with Gasteiger partial charge in [0.2, 0.25) is 5.91 Å². The second-order valence-electron chi connectivity index (χ2n) is 8.93. The average molecular weight is 459 g/mol. The highest BCUT2D eigenvalue weighted by Crippen LogP contribution is 2.39. The van der Waals surface area contributed by atoms with Crippen molar-refractivity contribution >= 4 is 33.2 Å². The second kappa shape index (κ2) is 8.94. The van der Waals surface area contributed by atoms with Gasteiger partial charge >= 0.3 is 6.09 Å². The minimum Gasteiger partial charge on any atom is -0.465 e. The molecule has 1 heterocycles. The zero-order valence-electron chi connectivity index (χ0n) is 19.1. The zero-order chi connectivity index (χ0) is 23.8. The standard InChI is InChI=1S/C24H30N2O5S/c1-15(2)12-23(27)26-17(5)14-25(24(28)29)22-13-19(8-11-21(22)26)18-6-9-20(10-7-18)32(30,31)16(3)4/h6-11,13,15-17H,12,14H2,1-5H3,(H,28,29)/t17-/m0/s1. The van der Waals surface area contributed by atoms with Gasteiger partial charge in [0.1, 0.15) is 0 Å². The average Bonchev–Trinajstić information content (AvgIpc) is 2.72. The Kier molecular flexibility index (Phi) is 6.64. The summed E-state index contributed by atoms with van der Waals surface area (Å²) >= 11 is 0. The van der Waals surface area contributed by atoms with Crippen molar-refractivity contribution in [2.75, 3.05) is 16.3 Å². The van der Waals surface area contributed by atoms with Gasteiger partial charge in [-0.2, -0.15) is 0 Å². The number of fused-ring (bicyclic) bond motifs is 1. The third-order valence-corrected chi connectivity index (χ3v) is 7.80. The number of hydrogen-bond acceptors (Lipinski definition) is 4. The van der Waals surface area contributed by atoms with Crippen LogP contribution >= 0.6 is 0 Å². The number of carbonyl (C=O) groups is 2. The van der Waals surface area contributed by atoms with Crippen molar-refractivity contribution in [1.82, 2.24) is 0 Å². The lowest BCUT2D eigenvalue weighted by molar-refractivity contribution is -0.119. The maximum absolute atomic E-state index is 12.9. The molecule has 0 bridgehead atoms. The molecule has 0 fully saturated rings. The summed E-state index contributed by atoms with van der Waals surface area (Å²) < 4.78 is 24.8. The molecule has 7 nitrogen and oxygen atoms in total. The van der Waals surface area contributed by atoms with E-state index in [9.17, 15) is 23.1 Å². The van der Waals surface area contributed by atoms with Crippen molar-refractivity contribution in [1.29, 1.82) is 0 Å². The van der Waals surface area contributed by atoms with E-state index in [0.717, 1.165) is 11.1 Å². The molecule has 0 unspecified atom stereocenters. The summed E-state index contributed by atoms with van der Waals surface area (Å²) in [5.41, 5.74) is 2.53. The molecule has 0 aromatic heterocycles. The molecule has 0 saturated carbocycles. The van der Waals surface area contributed by atoms with Gasteiger partial charge in [0.05, 0.1) is 27.6 Å². The quantitative estimate of drug-likeness (QED) is 0.694. The van der Waals surface area contributed by atoms with Crippen molar-refractivity contribution in [2.45, 2.75) is 57.2 Å². The van der Waals surface area contributed by atoms with Gasteiger partial charge in [-0.05, 0) is 62.1 Å². The molecular formula is C24H30N2O5S. The molecule has 2 aromatic carbocycles. The van der Waals surface area contributed by atoms with E-state index in [0.29, 0.717) is 17.8 Å². The van der Waals surface area contributed by atoms with E-state index in [4.69, 9.17) is 0 Å². The van der Waals surface area contributed by atoms with Crippen LogP contribution in [0.4, 0.5) is 16.2 Å². The van der Waals surface area contributed by atoms with Crippen molar-refractivity contribution in [3.63, 3.8) is 0 Å². The fourth-order valence-electron chi connectivity index (χ4n) is 3.92. The highest BCUT2D eigenvalue weighted by atomic mass is 32.2. The second-order valence-corrected chi connectivity index (χ2v) is 11.4. The fourth-order valence-corrected chi connectivity index (χ4v) is 4.98. The van der Waals surface area contributed by atoms with Crippen LogP contribution in [0, 0.1) is 5.92 Å². The fraction of sp³-hybridized carbons (Fsp3) is 0.417. The molecule has 0 radical (unpaired) electrons. The monoisotopic (exact) mass is 458 g/mol. The number of carboxylic acid groups (broad SMARTS) is 1. The summed E-state index contributed by atoms with van der Waals surface area (Å²) in [6.45, 7) is 9.26. The lowest BCUT2D eigenvalue weighted by Crippen LogP contribution is -2.51. The van der Waals surface area contributed by atoms with Crippen LogP contribution in [0.15, 0.2) is 47.4 Å². The number of carbonyl (C=O) groups excluding carboxylic acids is 1. The first-order chi connectivity index (χ1) is 14.9. The Morgan fingerprint density at radius 3 is 2.12 bits per heavy atom. The molecule has 2 aromatic rings. The summed E-state index contributed by atoms with van der Waals surface area (Å²) in [6, 6.07) is 11.6. The van der Waals surface area contributed by atoms with E-state index in [1.807, 2.05) is 26.8 Å². The molecular weight excluding hydrogens is 428 g/mol. The Hall–Kier alpha value is -2.87. The molecule has 1 aliphatic heterocycles. The molecule has 172 valence electrons. The smallest absolute Gasteiger partial charge is 0.411 e. The van der Waals surface area contributed by atoms with E-state index < -0.39 is 21.2 Å². The van der Waals surface area contributed by atoms with Crippen LogP contribution in [-0.2, 0) is 14.6 Å². The van der Waals surface area contributed by atoms with Crippen LogP contribution in [0.3, 0.4) is 0 Å². The lowest BCUT2D eigenvalue weighted by Gasteiger charge is -2.40. The third kappa shape index (κ3) is 4.50. The van der Waals surface area contributed by atoms with Gasteiger partial charge in [-0.3, -0.25) is 9.69 Å². The summed E-state index contributed by atoms with van der Waals surface area (Å²) in [7, 11) is -3.37. The van der Waals surface area contributed by atoms with Gasteiger partial charge in [-0.25, -0.2) is 13.2 Å². The Bertz CT molecular complexity index is 1120. The van der Waals surface area contributed by atoms with Gasteiger partial charge in [0.15, 0.2) is 9.84 Å². The minimum absolute atomic E-state index is 0.0326. The number of anilines is 2. The van der Waals surface area contributed by atoms with Gasteiger partial charge < -0.3 is 10.0 Å². The topological polar surface area (TPSA) is 95.0 Å². The first kappa shape index (κ1) is 23.8. The van der Waals surface area contributed by atoms with Crippen molar-refractivity contribution in [3.05, 3.63) is 42.5 Å². The van der Waals surface area contributed by atoms with Crippen molar-refractivity contribution in [3.8, 4) is 11.1 Å². The van der Waals surface area contributed by atoms with Gasteiger partial charge in [0, 0.05) is 13.0 Å². The molecule has 3 rings (SSSR count). The molecule has 1 aliphatic rings. The lowest BCUT2D eigenvalue weighted by atomic mass is 10.00. The predicted molar refractivity (Wildman–Crippen MR) is 126 cm³/mol. The van der Waals surface area contributed by atoms with Crippen LogP contribution in [0.5, 0.6) is 0 Å². The van der Waals surface area contributed by atoms with Crippen LogP contribution < -0.4 is 9.80 Å². The predicted octanol–water partition coefficient (Wildman–Crippen LogP) is 4.80. The number of hydrogen-bond donors (Lipinski definition) is 1. The van der Waals surface area contributed by atoms with Gasteiger partial charge in [-0.15, -0.1) is 0 Å². The van der Waals surface area contributed by atoms with Crippen LogP contribution in [0.2, 0.25) is 0 Å². The SMILES string of the molecule is CC(C)CC(=O)N1c2ccc(-c3ccc(S(=O)(=O)C(C)C)cc3)cc2N(C(=O)O)C[C@@H]1C. The Labute approximate surface area is 189 Å². The van der Waals surface area contributed by atoms with Crippen LogP contribution in [0.25, 0.3) is 11.1 Å². The van der Waals surface area contributed by atoms with Gasteiger partial charge in [-0.1, -0.05) is 32.0 Å². The summed E-state index contributed by atoms with van der Waals surface area (Å²) in [5, 5.41) is 9.25. The maximum Gasteiger partial charge on any atom is 0.411 e. The largest absolute Gasteiger partial charge is 0.465 e.